The summed E-state index contributed by atoms with van der Waals surface area (Å²) in [5, 5.41) is 0. The Kier molecular flexibility index (Phi) is 4.04. The number of likely N-dealkylation sites (tertiary alicyclic amines) is 1. The number of benzene rings is 1. The first-order chi connectivity index (χ1) is 7.70. The molecule has 0 aliphatic carbocycles. The van der Waals surface area contributed by atoms with Gasteiger partial charge in [0.25, 0.3) is 0 Å². The van der Waals surface area contributed by atoms with Crippen molar-refractivity contribution in [3.8, 4) is 0 Å². The van der Waals surface area contributed by atoms with Crippen molar-refractivity contribution in [2.75, 3.05) is 0 Å². The van der Waals surface area contributed by atoms with Gasteiger partial charge in [-0.2, -0.15) is 0 Å². The van der Waals surface area contributed by atoms with E-state index < -0.39 is 0 Å². The van der Waals surface area contributed by atoms with E-state index in [1.807, 2.05) is 0 Å². The van der Waals surface area contributed by atoms with Gasteiger partial charge in [-0.3, -0.25) is 4.90 Å². The Bertz CT molecular complexity index is 333. The van der Waals surface area contributed by atoms with Gasteiger partial charge in [-0.05, 0) is 43.9 Å². The van der Waals surface area contributed by atoms with Crippen molar-refractivity contribution in [2.24, 2.45) is 0 Å². The first-order valence-corrected chi connectivity index (χ1v) is 7.00. The second-order valence-electron chi connectivity index (χ2n) is 4.79. The van der Waals surface area contributed by atoms with Gasteiger partial charge in [-0.1, -0.05) is 35.0 Å². The Morgan fingerprint density at radius 2 is 1.94 bits per heavy atom. The molecule has 2 rings (SSSR count). The fraction of sp³-hybridized carbons (Fsp3) is 0.571. The van der Waals surface area contributed by atoms with E-state index in [-0.39, 0.29) is 0 Å². The summed E-state index contributed by atoms with van der Waals surface area (Å²) in [5.74, 6) is 0. The Balaban J connectivity index is 2.05. The van der Waals surface area contributed by atoms with Crippen molar-refractivity contribution in [1.29, 1.82) is 0 Å². The molecule has 0 radical (unpaired) electrons. The fourth-order valence-electron chi connectivity index (χ4n) is 2.65. The predicted octanol–water partition coefficient (Wildman–Crippen LogP) is 4.21. The van der Waals surface area contributed by atoms with Crippen LogP contribution in [0.15, 0.2) is 28.7 Å². The van der Waals surface area contributed by atoms with E-state index in [9.17, 15) is 0 Å². The van der Waals surface area contributed by atoms with Gasteiger partial charge in [0.2, 0.25) is 0 Å². The molecule has 1 saturated heterocycles. The van der Waals surface area contributed by atoms with Gasteiger partial charge in [-0.15, -0.1) is 0 Å². The summed E-state index contributed by atoms with van der Waals surface area (Å²) in [6.45, 7) is 5.76. The molecule has 1 nitrogen and oxygen atoms in total. The van der Waals surface area contributed by atoms with Crippen LogP contribution in [-0.2, 0) is 6.54 Å². The zero-order valence-corrected chi connectivity index (χ0v) is 11.7. The average Bonchev–Trinajstić information content (AvgIpc) is 2.63. The van der Waals surface area contributed by atoms with Crippen molar-refractivity contribution < 1.29 is 0 Å². The molecule has 1 fully saturated rings. The fourth-order valence-corrected chi connectivity index (χ4v) is 2.91. The van der Waals surface area contributed by atoms with Gasteiger partial charge in [0, 0.05) is 23.1 Å². The average molecular weight is 282 g/mol. The van der Waals surface area contributed by atoms with Crippen molar-refractivity contribution in [1.82, 2.24) is 4.90 Å². The first-order valence-electron chi connectivity index (χ1n) is 6.21. The molecule has 2 heteroatoms. The molecule has 0 N–H and O–H groups in total. The van der Waals surface area contributed by atoms with Crippen LogP contribution in [0.1, 0.15) is 38.7 Å². The first kappa shape index (κ1) is 12.1. The Morgan fingerprint density at radius 1 is 1.25 bits per heavy atom. The third kappa shape index (κ3) is 2.67. The lowest BCUT2D eigenvalue weighted by Crippen LogP contribution is -2.33. The van der Waals surface area contributed by atoms with Crippen LogP contribution in [0.4, 0.5) is 0 Å². The van der Waals surface area contributed by atoms with Gasteiger partial charge in [-0.25, -0.2) is 0 Å². The van der Waals surface area contributed by atoms with E-state index in [4.69, 9.17) is 0 Å². The topological polar surface area (TPSA) is 3.24 Å². The number of nitrogens with zero attached hydrogens (tertiary/aromatic N) is 1. The molecule has 0 bridgehead atoms. The number of rotatable bonds is 3. The molecule has 1 aromatic rings. The van der Waals surface area contributed by atoms with E-state index in [0.717, 1.165) is 23.1 Å². The minimum Gasteiger partial charge on any atom is -0.293 e. The van der Waals surface area contributed by atoms with Crippen LogP contribution >= 0.6 is 15.9 Å². The van der Waals surface area contributed by atoms with Crippen LogP contribution in [0, 0.1) is 0 Å². The maximum absolute atomic E-state index is 3.48. The summed E-state index contributed by atoms with van der Waals surface area (Å²) in [4.78, 5) is 2.66. The maximum atomic E-state index is 3.48. The molecule has 0 saturated carbocycles. The molecule has 88 valence electrons. The summed E-state index contributed by atoms with van der Waals surface area (Å²) in [5.41, 5.74) is 1.43. The van der Waals surface area contributed by atoms with Gasteiger partial charge < -0.3 is 0 Å². The third-order valence-corrected chi connectivity index (χ3v) is 4.23. The van der Waals surface area contributed by atoms with Crippen LogP contribution in [0.5, 0.6) is 0 Å². The molecule has 2 atom stereocenters. The molecule has 0 aromatic heterocycles. The van der Waals surface area contributed by atoms with Gasteiger partial charge in [0.15, 0.2) is 0 Å². The summed E-state index contributed by atoms with van der Waals surface area (Å²) in [6, 6.07) is 10.3. The van der Waals surface area contributed by atoms with E-state index in [1.54, 1.807) is 0 Å². The molecule has 0 amide bonds. The van der Waals surface area contributed by atoms with Gasteiger partial charge >= 0.3 is 0 Å². The van der Waals surface area contributed by atoms with Crippen LogP contribution in [0.25, 0.3) is 0 Å². The highest BCUT2D eigenvalue weighted by molar-refractivity contribution is 9.10. The molecular formula is C14H20BrN. The highest BCUT2D eigenvalue weighted by Gasteiger charge is 2.28. The standard InChI is InChI=1S/C14H20BrN/c1-3-14-9-4-11(2)16(14)10-12-5-7-13(15)8-6-12/h5-8,11,14H,3-4,9-10H2,1-2H3. The van der Waals surface area contributed by atoms with Gasteiger partial charge in [0.1, 0.15) is 0 Å². The summed E-state index contributed by atoms with van der Waals surface area (Å²) >= 11 is 3.48. The molecule has 1 aliphatic rings. The smallest absolute Gasteiger partial charge is 0.0239 e. The molecule has 1 aromatic carbocycles. The SMILES string of the molecule is CCC1CCC(C)N1Cc1ccc(Br)cc1. The van der Waals surface area contributed by atoms with Crippen LogP contribution in [0.2, 0.25) is 0 Å². The molecule has 2 unspecified atom stereocenters. The lowest BCUT2D eigenvalue weighted by Gasteiger charge is -2.27. The lowest BCUT2D eigenvalue weighted by atomic mass is 10.1. The number of hydrogen-bond donors (Lipinski definition) is 0. The predicted molar refractivity (Wildman–Crippen MR) is 72.5 cm³/mol. The monoisotopic (exact) mass is 281 g/mol. The molecule has 16 heavy (non-hydrogen) atoms. The second-order valence-corrected chi connectivity index (χ2v) is 5.70. The van der Waals surface area contributed by atoms with Crippen molar-refractivity contribution in [2.45, 2.75) is 51.7 Å². The maximum Gasteiger partial charge on any atom is 0.0239 e. The Labute approximate surface area is 107 Å². The van der Waals surface area contributed by atoms with Crippen molar-refractivity contribution >= 4 is 15.9 Å². The van der Waals surface area contributed by atoms with E-state index in [0.29, 0.717) is 0 Å². The zero-order chi connectivity index (χ0) is 11.5. The Hall–Kier alpha value is -0.340. The van der Waals surface area contributed by atoms with Crippen molar-refractivity contribution in [3.63, 3.8) is 0 Å². The van der Waals surface area contributed by atoms with E-state index in [2.05, 4.69) is 58.9 Å². The third-order valence-electron chi connectivity index (χ3n) is 3.70. The van der Waals surface area contributed by atoms with Gasteiger partial charge in [0.05, 0.1) is 0 Å². The summed E-state index contributed by atoms with van der Waals surface area (Å²) < 4.78 is 1.16. The van der Waals surface area contributed by atoms with Crippen LogP contribution in [-0.4, -0.2) is 17.0 Å². The molecule has 0 spiro atoms. The zero-order valence-electron chi connectivity index (χ0n) is 10.1. The summed E-state index contributed by atoms with van der Waals surface area (Å²) in [6.07, 6.45) is 4.00. The minimum atomic E-state index is 0.744. The van der Waals surface area contributed by atoms with Crippen molar-refractivity contribution in [3.05, 3.63) is 34.3 Å². The van der Waals surface area contributed by atoms with E-state index >= 15 is 0 Å². The number of halogens is 1. The van der Waals surface area contributed by atoms with Crippen LogP contribution in [0.3, 0.4) is 0 Å². The molecular weight excluding hydrogens is 262 g/mol. The van der Waals surface area contributed by atoms with Crippen LogP contribution < -0.4 is 0 Å². The second kappa shape index (κ2) is 5.33. The highest BCUT2D eigenvalue weighted by Crippen LogP contribution is 2.27. The molecule has 1 heterocycles. The highest BCUT2D eigenvalue weighted by atomic mass is 79.9. The normalized spacial score (nSPS) is 26.2. The largest absolute Gasteiger partial charge is 0.293 e. The lowest BCUT2D eigenvalue weighted by molar-refractivity contribution is 0.189. The Morgan fingerprint density at radius 3 is 2.56 bits per heavy atom. The summed E-state index contributed by atoms with van der Waals surface area (Å²) in [7, 11) is 0. The van der Waals surface area contributed by atoms with E-state index in [1.165, 1.54) is 24.8 Å². The minimum absolute atomic E-state index is 0.744. The quantitative estimate of drug-likeness (QED) is 0.802. The number of hydrogen-bond acceptors (Lipinski definition) is 1. The molecule has 1 aliphatic heterocycles.